The molecule has 5 nitrogen and oxygen atoms in total. The van der Waals surface area contributed by atoms with E-state index < -0.39 is 5.91 Å². The molecule has 2 amide bonds. The summed E-state index contributed by atoms with van der Waals surface area (Å²) in [7, 11) is 1.57. The van der Waals surface area contributed by atoms with Crippen LogP contribution in [0.4, 0.5) is 11.4 Å². The Hall–Kier alpha value is -3.86. The smallest absolute Gasteiger partial charge is 0.282 e. The van der Waals surface area contributed by atoms with Crippen molar-refractivity contribution < 1.29 is 14.3 Å². The first-order valence-corrected chi connectivity index (χ1v) is 10.6. The Morgan fingerprint density at radius 3 is 2.25 bits per heavy atom. The predicted octanol–water partition coefficient (Wildman–Crippen LogP) is 5.27. The summed E-state index contributed by atoms with van der Waals surface area (Å²) in [6.45, 7) is 6.08. The van der Waals surface area contributed by atoms with E-state index in [2.05, 4.69) is 12.2 Å². The molecule has 0 aliphatic carbocycles. The largest absolute Gasteiger partial charge is 0.495 e. The summed E-state index contributed by atoms with van der Waals surface area (Å²) >= 11 is 0. The molecule has 0 fully saturated rings. The van der Waals surface area contributed by atoms with Gasteiger partial charge in [-0.25, -0.2) is 4.90 Å². The van der Waals surface area contributed by atoms with Gasteiger partial charge in [0.2, 0.25) is 0 Å². The highest BCUT2D eigenvalue weighted by molar-refractivity contribution is 6.46. The number of para-hydroxylation sites is 2. The Labute approximate surface area is 188 Å². The molecule has 0 atom stereocenters. The number of ether oxygens (including phenoxy) is 1. The lowest BCUT2D eigenvalue weighted by atomic mass is 9.99. The van der Waals surface area contributed by atoms with E-state index in [1.807, 2.05) is 74.5 Å². The van der Waals surface area contributed by atoms with Crippen LogP contribution in [0.3, 0.4) is 0 Å². The maximum absolute atomic E-state index is 13.6. The quantitative estimate of drug-likeness (QED) is 0.546. The standard InChI is InChI=1S/C27H26N2O3/c1-5-19-11-14-21(15-12-19)29-26(30)24(20-13-10-17(2)18(3)16-20)25(27(29)31)28-22-8-6-7-9-23(22)32-4/h6-16,28H,5H2,1-4H3. The fraction of sp³-hybridized carbons (Fsp3) is 0.185. The topological polar surface area (TPSA) is 58.6 Å². The van der Waals surface area contributed by atoms with Crippen molar-refractivity contribution in [3.8, 4) is 5.75 Å². The molecule has 0 spiro atoms. The number of methoxy groups -OCH3 is 1. The molecule has 0 saturated heterocycles. The third-order valence-corrected chi connectivity index (χ3v) is 5.85. The lowest BCUT2D eigenvalue weighted by Gasteiger charge is -2.16. The first-order chi connectivity index (χ1) is 15.4. The molecule has 0 unspecified atom stereocenters. The number of hydrogen-bond donors (Lipinski definition) is 1. The molecular formula is C27H26N2O3. The van der Waals surface area contributed by atoms with Crippen LogP contribution in [0.2, 0.25) is 0 Å². The summed E-state index contributed by atoms with van der Waals surface area (Å²) in [5.41, 5.74) is 5.78. The van der Waals surface area contributed by atoms with Crippen molar-refractivity contribution in [2.45, 2.75) is 27.2 Å². The number of hydrogen-bond acceptors (Lipinski definition) is 4. The van der Waals surface area contributed by atoms with Crippen molar-refractivity contribution in [3.63, 3.8) is 0 Å². The minimum absolute atomic E-state index is 0.238. The second-order valence-electron chi connectivity index (χ2n) is 7.84. The third kappa shape index (κ3) is 3.78. The molecule has 1 heterocycles. The molecular weight excluding hydrogens is 400 g/mol. The van der Waals surface area contributed by atoms with Crippen LogP contribution < -0.4 is 15.0 Å². The third-order valence-electron chi connectivity index (χ3n) is 5.85. The van der Waals surface area contributed by atoms with E-state index in [-0.39, 0.29) is 11.6 Å². The Bertz CT molecular complexity index is 1230. The molecule has 4 rings (SSSR count). The molecule has 0 saturated carbocycles. The Morgan fingerprint density at radius 2 is 1.59 bits per heavy atom. The highest BCUT2D eigenvalue weighted by Gasteiger charge is 2.40. The zero-order valence-electron chi connectivity index (χ0n) is 18.7. The molecule has 1 aliphatic rings. The van der Waals surface area contributed by atoms with Crippen molar-refractivity contribution in [1.82, 2.24) is 0 Å². The monoisotopic (exact) mass is 426 g/mol. The highest BCUT2D eigenvalue weighted by atomic mass is 16.5. The fourth-order valence-corrected chi connectivity index (χ4v) is 3.81. The molecule has 3 aromatic rings. The van der Waals surface area contributed by atoms with Crippen LogP contribution in [0, 0.1) is 13.8 Å². The maximum atomic E-state index is 13.6. The first kappa shape index (κ1) is 21.4. The number of imide groups is 1. The van der Waals surface area contributed by atoms with Gasteiger partial charge in [-0.1, -0.05) is 49.4 Å². The van der Waals surface area contributed by atoms with E-state index in [0.717, 1.165) is 23.1 Å². The van der Waals surface area contributed by atoms with Gasteiger partial charge in [0.05, 0.1) is 24.1 Å². The first-order valence-electron chi connectivity index (χ1n) is 10.6. The molecule has 32 heavy (non-hydrogen) atoms. The van der Waals surface area contributed by atoms with Crippen molar-refractivity contribution >= 4 is 28.8 Å². The SMILES string of the molecule is CCc1ccc(N2C(=O)C(Nc3ccccc3OC)=C(c3ccc(C)c(C)c3)C2=O)cc1. The van der Waals surface area contributed by atoms with Crippen LogP contribution in [0.15, 0.2) is 72.4 Å². The average molecular weight is 427 g/mol. The number of carbonyl (C=O) groups is 2. The van der Waals surface area contributed by atoms with Crippen LogP contribution in [0.25, 0.3) is 5.57 Å². The maximum Gasteiger partial charge on any atom is 0.282 e. The molecule has 162 valence electrons. The molecule has 0 aromatic heterocycles. The van der Waals surface area contributed by atoms with Crippen LogP contribution in [-0.2, 0) is 16.0 Å². The fourth-order valence-electron chi connectivity index (χ4n) is 3.81. The second kappa shape index (κ2) is 8.71. The van der Waals surface area contributed by atoms with Gasteiger partial charge in [0, 0.05) is 0 Å². The summed E-state index contributed by atoms with van der Waals surface area (Å²) in [5, 5.41) is 3.19. The number of nitrogens with zero attached hydrogens (tertiary/aromatic N) is 1. The van der Waals surface area contributed by atoms with Gasteiger partial charge in [-0.15, -0.1) is 0 Å². The molecule has 0 bridgehead atoms. The minimum Gasteiger partial charge on any atom is -0.495 e. The van der Waals surface area contributed by atoms with Crippen molar-refractivity contribution in [3.05, 3.63) is 94.7 Å². The van der Waals surface area contributed by atoms with E-state index in [0.29, 0.717) is 28.3 Å². The van der Waals surface area contributed by atoms with Gasteiger partial charge in [0.1, 0.15) is 11.4 Å². The summed E-state index contributed by atoms with van der Waals surface area (Å²) < 4.78 is 5.44. The van der Waals surface area contributed by atoms with Crippen molar-refractivity contribution in [1.29, 1.82) is 0 Å². The highest BCUT2D eigenvalue weighted by Crippen LogP contribution is 2.36. The van der Waals surface area contributed by atoms with Gasteiger partial charge in [0.25, 0.3) is 11.8 Å². The van der Waals surface area contributed by atoms with E-state index in [1.54, 1.807) is 13.2 Å². The van der Waals surface area contributed by atoms with Crippen LogP contribution in [-0.4, -0.2) is 18.9 Å². The van der Waals surface area contributed by atoms with Gasteiger partial charge in [-0.2, -0.15) is 0 Å². The normalized spacial score (nSPS) is 13.7. The van der Waals surface area contributed by atoms with Gasteiger partial charge in [-0.05, 0) is 66.8 Å². The van der Waals surface area contributed by atoms with Crippen molar-refractivity contribution in [2.24, 2.45) is 0 Å². The number of carbonyl (C=O) groups excluding carboxylic acids is 2. The van der Waals surface area contributed by atoms with Crippen LogP contribution in [0.5, 0.6) is 5.75 Å². The van der Waals surface area contributed by atoms with E-state index in [9.17, 15) is 9.59 Å². The molecule has 1 aliphatic heterocycles. The molecule has 5 heteroatoms. The van der Waals surface area contributed by atoms with Gasteiger partial charge in [-0.3, -0.25) is 9.59 Å². The zero-order valence-corrected chi connectivity index (χ0v) is 18.7. The van der Waals surface area contributed by atoms with E-state index in [4.69, 9.17) is 4.74 Å². The van der Waals surface area contributed by atoms with Gasteiger partial charge >= 0.3 is 0 Å². The number of anilines is 2. The zero-order chi connectivity index (χ0) is 22.8. The van der Waals surface area contributed by atoms with Crippen LogP contribution in [0.1, 0.15) is 29.2 Å². The molecule has 1 N–H and O–H groups in total. The summed E-state index contributed by atoms with van der Waals surface area (Å²) in [5.74, 6) is -0.149. The van der Waals surface area contributed by atoms with Gasteiger partial charge in [0.15, 0.2) is 0 Å². The lowest BCUT2D eigenvalue weighted by Crippen LogP contribution is -2.32. The predicted molar refractivity (Wildman–Crippen MR) is 128 cm³/mol. The molecule has 3 aromatic carbocycles. The Kier molecular flexibility index (Phi) is 5.82. The number of nitrogens with one attached hydrogen (secondary N) is 1. The average Bonchev–Trinajstić information content (AvgIpc) is 3.05. The summed E-state index contributed by atoms with van der Waals surface area (Å²) in [4.78, 5) is 28.4. The number of aryl methyl sites for hydroxylation is 3. The van der Waals surface area contributed by atoms with Crippen LogP contribution >= 0.6 is 0 Å². The van der Waals surface area contributed by atoms with Gasteiger partial charge < -0.3 is 10.1 Å². The lowest BCUT2D eigenvalue weighted by molar-refractivity contribution is -0.120. The van der Waals surface area contributed by atoms with E-state index in [1.165, 1.54) is 4.90 Å². The minimum atomic E-state index is -0.390. The number of benzene rings is 3. The Morgan fingerprint density at radius 1 is 0.875 bits per heavy atom. The second-order valence-corrected chi connectivity index (χ2v) is 7.84. The summed E-state index contributed by atoms with van der Waals surface area (Å²) in [6.07, 6.45) is 0.884. The Balaban J connectivity index is 1.84. The summed E-state index contributed by atoms with van der Waals surface area (Å²) in [6, 6.07) is 20.7. The number of amides is 2. The van der Waals surface area contributed by atoms with Crippen molar-refractivity contribution in [2.75, 3.05) is 17.3 Å². The number of rotatable bonds is 6. The molecule has 0 radical (unpaired) electrons. The van der Waals surface area contributed by atoms with E-state index >= 15 is 0 Å².